The first-order valence-electron chi connectivity index (χ1n) is 10.7. The lowest BCUT2D eigenvalue weighted by molar-refractivity contribution is 0.0944. The van der Waals surface area contributed by atoms with Gasteiger partial charge >= 0.3 is 0 Å². The van der Waals surface area contributed by atoms with Gasteiger partial charge < -0.3 is 10.3 Å². The number of para-hydroxylation sites is 1. The van der Waals surface area contributed by atoms with Gasteiger partial charge in [-0.05, 0) is 72.9 Å². The summed E-state index contributed by atoms with van der Waals surface area (Å²) in [6, 6.07) is 21.3. The highest BCUT2D eigenvalue weighted by atomic mass is 32.1. The van der Waals surface area contributed by atoms with Crippen LogP contribution in [0.3, 0.4) is 0 Å². The summed E-state index contributed by atoms with van der Waals surface area (Å²) in [6.45, 7) is 0.166. The summed E-state index contributed by atoms with van der Waals surface area (Å²) in [4.78, 5) is 16.0. The Bertz CT molecular complexity index is 1540. The van der Waals surface area contributed by atoms with Crippen LogP contribution in [0.2, 0.25) is 0 Å². The van der Waals surface area contributed by atoms with Crippen LogP contribution in [-0.4, -0.2) is 25.2 Å². The van der Waals surface area contributed by atoms with E-state index < -0.39 is 0 Å². The summed E-state index contributed by atoms with van der Waals surface area (Å²) in [6.07, 6.45) is 3.34. The maximum atomic E-state index is 13.5. The number of imidazole rings is 1. The number of amides is 1. The Kier molecular flexibility index (Phi) is 6.07. The molecule has 1 amide bonds. The largest absolute Gasteiger partial charge is 0.346 e. The Morgan fingerprint density at radius 3 is 2.26 bits per heavy atom. The molecule has 0 bridgehead atoms. The van der Waals surface area contributed by atoms with Gasteiger partial charge in [0.15, 0.2) is 4.77 Å². The molecule has 35 heavy (non-hydrogen) atoms. The predicted molar refractivity (Wildman–Crippen MR) is 131 cm³/mol. The van der Waals surface area contributed by atoms with Crippen molar-refractivity contribution < 1.29 is 13.6 Å². The number of hydrogen-bond acceptors (Lipinski definition) is 3. The number of aromatic amines is 1. The van der Waals surface area contributed by atoms with Crippen LogP contribution < -0.4 is 5.32 Å². The molecule has 0 unspecified atom stereocenters. The van der Waals surface area contributed by atoms with Crippen molar-refractivity contribution in [2.24, 2.45) is 0 Å². The monoisotopic (exact) mass is 487 g/mol. The van der Waals surface area contributed by atoms with Crippen LogP contribution in [0, 0.1) is 16.4 Å². The minimum Gasteiger partial charge on any atom is -0.346 e. The lowest BCUT2D eigenvalue weighted by Crippen LogP contribution is -2.25. The van der Waals surface area contributed by atoms with Crippen molar-refractivity contribution >= 4 is 18.1 Å². The third kappa shape index (κ3) is 4.67. The zero-order chi connectivity index (χ0) is 24.4. The van der Waals surface area contributed by atoms with Crippen LogP contribution in [0.5, 0.6) is 0 Å². The Hall–Kier alpha value is -4.37. The molecule has 0 aliphatic heterocycles. The molecule has 0 aliphatic rings. The van der Waals surface area contributed by atoms with Crippen molar-refractivity contribution in [3.8, 4) is 22.6 Å². The molecular weight excluding hydrogens is 468 g/mol. The third-order valence-corrected chi connectivity index (χ3v) is 5.76. The molecule has 3 aromatic carbocycles. The smallest absolute Gasteiger partial charge is 0.270 e. The average molecular weight is 488 g/mol. The van der Waals surface area contributed by atoms with Gasteiger partial charge in [-0.1, -0.05) is 18.2 Å². The Labute approximate surface area is 204 Å². The van der Waals surface area contributed by atoms with Crippen molar-refractivity contribution in [1.29, 1.82) is 0 Å². The third-order valence-electron chi connectivity index (χ3n) is 5.46. The highest BCUT2D eigenvalue weighted by molar-refractivity contribution is 7.71. The van der Waals surface area contributed by atoms with E-state index in [0.717, 1.165) is 16.8 Å². The number of hydrogen-bond donors (Lipinski definition) is 2. The van der Waals surface area contributed by atoms with Gasteiger partial charge in [-0.2, -0.15) is 5.10 Å². The van der Waals surface area contributed by atoms with Crippen LogP contribution in [-0.2, 0) is 6.54 Å². The molecule has 9 heteroatoms. The molecule has 2 aromatic heterocycles. The highest BCUT2D eigenvalue weighted by Gasteiger charge is 2.17. The number of rotatable bonds is 6. The highest BCUT2D eigenvalue weighted by Crippen LogP contribution is 2.24. The molecule has 0 radical (unpaired) electrons. The molecule has 5 aromatic rings. The van der Waals surface area contributed by atoms with Crippen LogP contribution in [0.25, 0.3) is 22.6 Å². The fourth-order valence-corrected chi connectivity index (χ4v) is 4.01. The van der Waals surface area contributed by atoms with Gasteiger partial charge in [-0.15, -0.1) is 0 Å². The minimum atomic E-state index is -0.384. The first-order valence-corrected chi connectivity index (χ1v) is 11.1. The zero-order valence-corrected chi connectivity index (χ0v) is 19.1. The van der Waals surface area contributed by atoms with Gasteiger partial charge in [0.1, 0.15) is 17.3 Å². The quantitative estimate of drug-likeness (QED) is 0.307. The zero-order valence-electron chi connectivity index (χ0n) is 18.3. The van der Waals surface area contributed by atoms with E-state index in [2.05, 4.69) is 15.4 Å². The van der Waals surface area contributed by atoms with Gasteiger partial charge in [0, 0.05) is 35.8 Å². The van der Waals surface area contributed by atoms with E-state index in [1.807, 2.05) is 36.5 Å². The molecule has 174 valence electrons. The Balaban J connectivity index is 1.45. The van der Waals surface area contributed by atoms with E-state index in [9.17, 15) is 13.6 Å². The summed E-state index contributed by atoms with van der Waals surface area (Å²) in [7, 11) is 0. The summed E-state index contributed by atoms with van der Waals surface area (Å²) in [5.41, 5.74) is 3.78. The minimum absolute atomic E-state index is 0.166. The lowest BCUT2D eigenvalue weighted by Gasteiger charge is -2.09. The van der Waals surface area contributed by atoms with Gasteiger partial charge in [0.05, 0.1) is 11.4 Å². The van der Waals surface area contributed by atoms with Crippen LogP contribution in [0.15, 0.2) is 91.3 Å². The summed E-state index contributed by atoms with van der Waals surface area (Å²) in [5, 5.41) is 7.60. The van der Waals surface area contributed by atoms with E-state index in [0.29, 0.717) is 16.2 Å². The number of aromatic nitrogens is 4. The first-order chi connectivity index (χ1) is 17.0. The Morgan fingerprint density at radius 2 is 1.57 bits per heavy atom. The van der Waals surface area contributed by atoms with Gasteiger partial charge in [-0.3, -0.25) is 9.36 Å². The second-order valence-corrected chi connectivity index (χ2v) is 8.15. The summed E-state index contributed by atoms with van der Waals surface area (Å²) < 4.78 is 30.4. The maximum Gasteiger partial charge on any atom is 0.270 e. The molecule has 0 fully saturated rings. The van der Waals surface area contributed by atoms with Crippen molar-refractivity contribution in [2.75, 3.05) is 0 Å². The fraction of sp³-hybridized carbons (Fsp3) is 0.0385. The normalized spacial score (nSPS) is 10.9. The topological polar surface area (TPSA) is 67.6 Å². The standard InChI is InChI=1S/C26H19F2N5OS/c27-19-8-6-17(7-9-19)24-18(16-32(31-24)21-4-2-1-3-5-21)14-29-25(34)23-15-30-26(35)33(23)22-12-10-20(28)11-13-22/h1-13,15-16H,14H2,(H,29,34)(H,30,35). The molecule has 0 spiro atoms. The van der Waals surface area contributed by atoms with E-state index in [4.69, 9.17) is 12.2 Å². The molecule has 0 saturated heterocycles. The van der Waals surface area contributed by atoms with Crippen molar-refractivity contribution in [3.63, 3.8) is 0 Å². The SMILES string of the molecule is O=C(NCc1cn(-c2ccccc2)nc1-c1ccc(F)cc1)c1c[nH]c(=S)n1-c1ccc(F)cc1. The number of carbonyl (C=O) groups is 1. The van der Waals surface area contributed by atoms with E-state index in [-0.39, 0.29) is 29.8 Å². The van der Waals surface area contributed by atoms with Crippen LogP contribution >= 0.6 is 12.2 Å². The number of nitrogens with one attached hydrogen (secondary N) is 2. The van der Waals surface area contributed by atoms with E-state index in [1.54, 1.807) is 33.5 Å². The van der Waals surface area contributed by atoms with E-state index in [1.165, 1.54) is 30.5 Å². The summed E-state index contributed by atoms with van der Waals surface area (Å²) >= 11 is 5.33. The summed E-state index contributed by atoms with van der Waals surface area (Å²) in [5.74, 6) is -1.10. The molecule has 0 saturated carbocycles. The van der Waals surface area contributed by atoms with Gasteiger partial charge in [0.25, 0.3) is 5.91 Å². The number of nitrogens with zero attached hydrogens (tertiary/aromatic N) is 3. The molecule has 6 nitrogen and oxygen atoms in total. The van der Waals surface area contributed by atoms with Crippen molar-refractivity contribution in [1.82, 2.24) is 24.6 Å². The van der Waals surface area contributed by atoms with Crippen molar-refractivity contribution in [3.05, 3.63) is 119 Å². The van der Waals surface area contributed by atoms with Gasteiger partial charge in [0.2, 0.25) is 0 Å². The second kappa shape index (κ2) is 9.47. The number of carbonyl (C=O) groups excluding carboxylic acids is 1. The van der Waals surface area contributed by atoms with Crippen molar-refractivity contribution in [2.45, 2.75) is 6.54 Å². The van der Waals surface area contributed by atoms with E-state index >= 15 is 0 Å². The number of benzene rings is 3. The molecule has 0 aliphatic carbocycles. The number of halogens is 2. The molecular formula is C26H19F2N5OS. The molecule has 2 N–H and O–H groups in total. The molecule has 0 atom stereocenters. The second-order valence-electron chi connectivity index (χ2n) is 7.76. The average Bonchev–Trinajstić information content (AvgIpc) is 3.48. The molecule has 5 rings (SSSR count). The molecule has 2 heterocycles. The predicted octanol–water partition coefficient (Wildman–Crippen LogP) is 5.60. The fourth-order valence-electron chi connectivity index (χ4n) is 3.75. The van der Waals surface area contributed by atoms with Crippen LogP contribution in [0.4, 0.5) is 8.78 Å². The maximum absolute atomic E-state index is 13.5. The Morgan fingerprint density at radius 1 is 0.914 bits per heavy atom. The van der Waals surface area contributed by atoms with Gasteiger partial charge in [-0.25, -0.2) is 13.5 Å². The lowest BCUT2D eigenvalue weighted by atomic mass is 10.1. The van der Waals surface area contributed by atoms with Crippen LogP contribution in [0.1, 0.15) is 16.1 Å². The first kappa shape index (κ1) is 22.4. The number of H-pyrrole nitrogens is 1.